The molecule has 4 rings (SSSR count). The predicted octanol–water partition coefficient (Wildman–Crippen LogP) is 6.30. The summed E-state index contributed by atoms with van der Waals surface area (Å²) in [6.07, 6.45) is 3.80. The Kier molecular flexibility index (Phi) is 8.21. The quantitative estimate of drug-likeness (QED) is 0.229. The Labute approximate surface area is 223 Å². The molecule has 1 fully saturated rings. The Morgan fingerprint density at radius 1 is 1.20 bits per heavy atom. The number of rotatable bonds is 10. The maximum Gasteiger partial charge on any atom is 0.270 e. The molecular formula is C27H24BrClN2O3S. The van der Waals surface area contributed by atoms with Gasteiger partial charge in [-0.2, -0.15) is 0 Å². The summed E-state index contributed by atoms with van der Waals surface area (Å²) >= 11 is 14.6. The number of hydrogen-bond donors (Lipinski definition) is 1. The first-order valence-corrected chi connectivity index (χ1v) is 12.8. The minimum Gasteiger partial charge on any atom is -0.457 e. The molecule has 2 aromatic carbocycles. The zero-order valence-electron chi connectivity index (χ0n) is 19.0. The zero-order valence-corrected chi connectivity index (χ0v) is 22.2. The average Bonchev–Trinajstić information content (AvgIpc) is 3.62. The van der Waals surface area contributed by atoms with Crippen LogP contribution in [0.4, 0.5) is 0 Å². The molecular weight excluding hydrogens is 548 g/mol. The molecule has 1 aliphatic rings. The van der Waals surface area contributed by atoms with Crippen LogP contribution in [0, 0.1) is 5.92 Å². The van der Waals surface area contributed by atoms with E-state index in [1.807, 2.05) is 48.5 Å². The third-order valence-electron chi connectivity index (χ3n) is 5.93. The lowest BCUT2D eigenvalue weighted by Gasteiger charge is -2.28. The van der Waals surface area contributed by atoms with Crippen molar-refractivity contribution in [2.75, 3.05) is 7.05 Å². The molecule has 1 unspecified atom stereocenters. The molecule has 5 nitrogen and oxygen atoms in total. The lowest BCUT2D eigenvalue weighted by Crippen LogP contribution is -2.46. The average molecular weight is 572 g/mol. The lowest BCUT2D eigenvalue weighted by molar-refractivity contribution is -0.135. The molecule has 1 aliphatic carbocycles. The number of carbonyl (C=O) groups is 2. The number of furan rings is 1. The molecule has 35 heavy (non-hydrogen) atoms. The van der Waals surface area contributed by atoms with Crippen molar-refractivity contribution in [2.24, 2.45) is 5.92 Å². The van der Waals surface area contributed by atoms with Crippen LogP contribution >= 0.6 is 39.7 Å². The standard InChI is InChI=1S/C27H24BrClN2O3S/c1-31(24(26(32)18-7-8-18)13-17-5-3-2-4-6-17)27(33)23(30-16-35)15-20-10-12-25(34-20)19-9-11-21(28)22(29)14-19/h2-6,9-12,14-16,18,24H,7-8,13H2,1H3,(H,30,35)/b23-15+. The summed E-state index contributed by atoms with van der Waals surface area (Å²) in [5.74, 6) is 0.854. The van der Waals surface area contributed by atoms with Gasteiger partial charge in [-0.1, -0.05) is 60.2 Å². The van der Waals surface area contributed by atoms with Crippen molar-refractivity contribution >= 4 is 63.0 Å². The molecule has 1 N–H and O–H groups in total. The molecule has 1 heterocycles. The SMILES string of the molecule is CN(C(=O)/C(=C\c1ccc(-c2ccc(Br)c(Cl)c2)o1)NC=S)C(Cc1ccccc1)C(=O)C1CC1. The molecule has 0 spiro atoms. The van der Waals surface area contributed by atoms with Crippen LogP contribution < -0.4 is 5.32 Å². The van der Waals surface area contributed by atoms with E-state index in [2.05, 4.69) is 21.2 Å². The highest BCUT2D eigenvalue weighted by atomic mass is 79.9. The molecule has 0 radical (unpaired) electrons. The molecule has 1 aromatic heterocycles. The molecule has 1 amide bonds. The number of carbonyl (C=O) groups excluding carboxylic acids is 2. The number of halogens is 2. The maximum absolute atomic E-state index is 13.5. The van der Waals surface area contributed by atoms with Gasteiger partial charge >= 0.3 is 0 Å². The Bertz CT molecular complexity index is 1270. The summed E-state index contributed by atoms with van der Waals surface area (Å²) in [4.78, 5) is 28.1. The van der Waals surface area contributed by atoms with E-state index >= 15 is 0 Å². The Morgan fingerprint density at radius 2 is 1.94 bits per heavy atom. The summed E-state index contributed by atoms with van der Waals surface area (Å²) in [5.41, 5.74) is 3.30. The minimum absolute atomic E-state index is 0.0234. The van der Waals surface area contributed by atoms with Gasteiger partial charge in [-0.3, -0.25) is 9.59 Å². The number of thiocarbonyl (C=S) groups is 1. The number of hydrogen-bond acceptors (Lipinski definition) is 4. The highest BCUT2D eigenvalue weighted by Crippen LogP contribution is 2.33. The number of Topliss-reactive ketones (excluding diaryl/α,β-unsaturated/α-hetero) is 1. The molecule has 0 bridgehead atoms. The Morgan fingerprint density at radius 3 is 2.60 bits per heavy atom. The van der Waals surface area contributed by atoms with E-state index in [0.29, 0.717) is 23.0 Å². The first-order valence-electron chi connectivity index (χ1n) is 11.2. The van der Waals surface area contributed by atoms with Gasteiger partial charge in [-0.25, -0.2) is 0 Å². The van der Waals surface area contributed by atoms with Gasteiger partial charge in [-0.15, -0.1) is 0 Å². The van der Waals surface area contributed by atoms with Gasteiger partial charge in [0.2, 0.25) is 0 Å². The van der Waals surface area contributed by atoms with E-state index in [4.69, 9.17) is 28.2 Å². The monoisotopic (exact) mass is 570 g/mol. The van der Waals surface area contributed by atoms with Crippen LogP contribution in [0.5, 0.6) is 0 Å². The van der Waals surface area contributed by atoms with E-state index in [0.717, 1.165) is 28.4 Å². The molecule has 3 aromatic rings. The fourth-order valence-electron chi connectivity index (χ4n) is 3.84. The maximum atomic E-state index is 13.5. The summed E-state index contributed by atoms with van der Waals surface area (Å²) in [5, 5.41) is 3.41. The summed E-state index contributed by atoms with van der Waals surface area (Å²) in [6, 6.07) is 18.3. The normalized spacial score (nSPS) is 14.3. The summed E-state index contributed by atoms with van der Waals surface area (Å²) in [7, 11) is 1.66. The predicted molar refractivity (Wildman–Crippen MR) is 146 cm³/mol. The van der Waals surface area contributed by atoms with E-state index in [1.165, 1.54) is 10.4 Å². The number of nitrogens with zero attached hydrogens (tertiary/aromatic N) is 1. The van der Waals surface area contributed by atoms with Crippen LogP contribution in [-0.4, -0.2) is 35.2 Å². The van der Waals surface area contributed by atoms with Gasteiger partial charge in [0.05, 0.1) is 16.6 Å². The van der Waals surface area contributed by atoms with Gasteiger partial charge in [0.25, 0.3) is 5.91 Å². The molecule has 8 heteroatoms. The highest BCUT2D eigenvalue weighted by molar-refractivity contribution is 9.10. The number of benzene rings is 2. The minimum atomic E-state index is -0.565. The van der Waals surface area contributed by atoms with E-state index in [-0.39, 0.29) is 23.3 Å². The first-order chi connectivity index (χ1) is 16.9. The second kappa shape index (κ2) is 11.3. The number of ketones is 1. The van der Waals surface area contributed by atoms with Gasteiger partial charge in [0.1, 0.15) is 17.2 Å². The highest BCUT2D eigenvalue weighted by Gasteiger charge is 2.38. The van der Waals surface area contributed by atoms with Crippen LogP contribution in [0.3, 0.4) is 0 Å². The van der Waals surface area contributed by atoms with E-state index in [9.17, 15) is 9.59 Å². The lowest BCUT2D eigenvalue weighted by atomic mass is 9.98. The van der Waals surface area contributed by atoms with Crippen LogP contribution in [0.25, 0.3) is 17.4 Å². The van der Waals surface area contributed by atoms with Gasteiger partial charge in [0, 0.05) is 29.1 Å². The first kappa shape index (κ1) is 25.4. The molecule has 180 valence electrons. The van der Waals surface area contributed by atoms with Crippen molar-refractivity contribution in [3.8, 4) is 11.3 Å². The van der Waals surface area contributed by atoms with Crippen LogP contribution in [-0.2, 0) is 16.0 Å². The van der Waals surface area contributed by atoms with Gasteiger partial charge in [-0.05, 0) is 65.0 Å². The second-order valence-corrected chi connectivity index (χ2v) is 9.95. The van der Waals surface area contributed by atoms with Crippen LogP contribution in [0.15, 0.2) is 75.3 Å². The zero-order chi connectivity index (χ0) is 24.9. The van der Waals surface area contributed by atoms with Crippen LogP contribution in [0.2, 0.25) is 5.02 Å². The van der Waals surface area contributed by atoms with Gasteiger partial charge < -0.3 is 14.6 Å². The van der Waals surface area contributed by atoms with Crippen molar-refractivity contribution in [1.29, 1.82) is 0 Å². The van der Waals surface area contributed by atoms with Crippen molar-refractivity contribution in [3.05, 3.63) is 87.2 Å². The second-order valence-electron chi connectivity index (χ2n) is 8.45. The number of likely N-dealkylation sites (N-methyl/N-ethyl adjacent to an activating group) is 1. The van der Waals surface area contributed by atoms with E-state index < -0.39 is 6.04 Å². The van der Waals surface area contributed by atoms with Crippen LogP contribution in [0.1, 0.15) is 24.2 Å². The molecule has 1 atom stereocenters. The van der Waals surface area contributed by atoms with Crippen molar-refractivity contribution in [3.63, 3.8) is 0 Å². The summed E-state index contributed by atoms with van der Waals surface area (Å²) in [6.45, 7) is 0. The van der Waals surface area contributed by atoms with Crippen molar-refractivity contribution in [2.45, 2.75) is 25.3 Å². The molecule has 1 saturated carbocycles. The van der Waals surface area contributed by atoms with Crippen molar-refractivity contribution < 1.29 is 14.0 Å². The van der Waals surface area contributed by atoms with E-state index in [1.54, 1.807) is 25.3 Å². The summed E-state index contributed by atoms with van der Waals surface area (Å²) < 4.78 is 6.74. The Hall–Kier alpha value is -2.74. The molecule has 0 saturated heterocycles. The number of amides is 1. The molecule has 0 aliphatic heterocycles. The fourth-order valence-corrected chi connectivity index (χ4v) is 4.40. The Balaban J connectivity index is 1.58. The fraction of sp³-hybridized carbons (Fsp3) is 0.222. The van der Waals surface area contributed by atoms with Crippen molar-refractivity contribution in [1.82, 2.24) is 10.2 Å². The smallest absolute Gasteiger partial charge is 0.270 e. The third-order valence-corrected chi connectivity index (χ3v) is 7.28. The topological polar surface area (TPSA) is 62.6 Å². The largest absolute Gasteiger partial charge is 0.457 e. The number of nitrogens with one attached hydrogen (secondary N) is 1. The third kappa shape index (κ3) is 6.28. The van der Waals surface area contributed by atoms with Gasteiger partial charge in [0.15, 0.2) is 5.78 Å².